The van der Waals surface area contributed by atoms with Gasteiger partial charge in [0.05, 0.1) is 6.26 Å². The van der Waals surface area contributed by atoms with Crippen LogP contribution >= 0.6 is 11.6 Å². The quantitative estimate of drug-likeness (QED) is 0.732. The lowest BCUT2D eigenvalue weighted by Crippen LogP contribution is -1.99. The Morgan fingerprint density at radius 2 is 2.21 bits per heavy atom. The highest BCUT2D eigenvalue weighted by molar-refractivity contribution is 6.30. The van der Waals surface area contributed by atoms with Crippen LogP contribution in [0.15, 0.2) is 22.8 Å². The van der Waals surface area contributed by atoms with E-state index in [0.29, 0.717) is 16.6 Å². The highest BCUT2D eigenvalue weighted by Gasteiger charge is 2.11. The molecule has 2 rings (SSSR count). The molecule has 0 radical (unpaired) electrons. The van der Waals surface area contributed by atoms with Crippen molar-refractivity contribution in [3.05, 3.63) is 29.1 Å². The molecule has 2 N–H and O–H groups in total. The van der Waals surface area contributed by atoms with E-state index in [4.69, 9.17) is 21.8 Å². The highest BCUT2D eigenvalue weighted by Crippen LogP contribution is 2.26. The predicted molar refractivity (Wildman–Crippen MR) is 53.9 cm³/mol. The summed E-state index contributed by atoms with van der Waals surface area (Å²) in [4.78, 5) is 7.90. The lowest BCUT2D eigenvalue weighted by molar-refractivity contribution is 0.579. The highest BCUT2D eigenvalue weighted by atomic mass is 35.5. The standard InChI is InChI=1S/C9H8ClN3O/c1-5-7(6-3-2-4-14-6)12-9(11)13-8(5)10/h2-4H,1H3,(H2,11,12,13). The van der Waals surface area contributed by atoms with Crippen LogP contribution in [0.3, 0.4) is 0 Å². The molecular formula is C9H8ClN3O. The zero-order valence-electron chi connectivity index (χ0n) is 7.49. The van der Waals surface area contributed by atoms with Crippen molar-refractivity contribution < 1.29 is 4.42 Å². The van der Waals surface area contributed by atoms with Crippen molar-refractivity contribution in [1.29, 1.82) is 0 Å². The van der Waals surface area contributed by atoms with Crippen LogP contribution in [0.1, 0.15) is 5.56 Å². The predicted octanol–water partition coefficient (Wildman–Crippen LogP) is 2.28. The zero-order chi connectivity index (χ0) is 10.1. The number of halogens is 1. The maximum absolute atomic E-state index is 5.86. The normalized spacial score (nSPS) is 10.4. The second-order valence-corrected chi connectivity index (χ2v) is 3.18. The summed E-state index contributed by atoms with van der Waals surface area (Å²) in [6.07, 6.45) is 1.57. The largest absolute Gasteiger partial charge is 0.463 e. The Morgan fingerprint density at radius 1 is 1.43 bits per heavy atom. The number of nitrogen functional groups attached to an aromatic ring is 1. The fraction of sp³-hybridized carbons (Fsp3) is 0.111. The summed E-state index contributed by atoms with van der Waals surface area (Å²) in [6.45, 7) is 1.82. The Balaban J connectivity index is 2.64. The maximum atomic E-state index is 5.86. The van der Waals surface area contributed by atoms with Gasteiger partial charge in [0.25, 0.3) is 0 Å². The van der Waals surface area contributed by atoms with Crippen LogP contribution in [0.25, 0.3) is 11.5 Å². The minimum Gasteiger partial charge on any atom is -0.463 e. The Hall–Kier alpha value is -1.55. The molecule has 2 aromatic rings. The zero-order valence-corrected chi connectivity index (χ0v) is 8.25. The molecule has 0 unspecified atom stereocenters. The number of hydrogen-bond acceptors (Lipinski definition) is 4. The molecule has 0 spiro atoms. The third-order valence-corrected chi connectivity index (χ3v) is 2.23. The number of nitrogens with two attached hydrogens (primary N) is 1. The van der Waals surface area contributed by atoms with Gasteiger partial charge >= 0.3 is 0 Å². The number of rotatable bonds is 1. The molecule has 0 atom stereocenters. The minimum absolute atomic E-state index is 0.145. The molecule has 4 nitrogen and oxygen atoms in total. The number of hydrogen-bond donors (Lipinski definition) is 1. The van der Waals surface area contributed by atoms with E-state index in [1.165, 1.54) is 0 Å². The molecule has 14 heavy (non-hydrogen) atoms. The molecular weight excluding hydrogens is 202 g/mol. The smallest absolute Gasteiger partial charge is 0.222 e. The summed E-state index contributed by atoms with van der Waals surface area (Å²) in [7, 11) is 0. The summed E-state index contributed by atoms with van der Waals surface area (Å²) >= 11 is 5.86. The summed E-state index contributed by atoms with van der Waals surface area (Å²) in [5.41, 5.74) is 6.88. The third-order valence-electron chi connectivity index (χ3n) is 1.86. The fourth-order valence-electron chi connectivity index (χ4n) is 1.16. The number of aromatic nitrogens is 2. The number of furan rings is 1. The van der Waals surface area contributed by atoms with Gasteiger partial charge in [0.2, 0.25) is 5.95 Å². The third kappa shape index (κ3) is 1.44. The van der Waals surface area contributed by atoms with E-state index in [2.05, 4.69) is 9.97 Å². The van der Waals surface area contributed by atoms with Crippen molar-refractivity contribution in [3.8, 4) is 11.5 Å². The topological polar surface area (TPSA) is 64.9 Å². The van der Waals surface area contributed by atoms with Crippen LogP contribution in [0, 0.1) is 6.92 Å². The molecule has 2 aromatic heterocycles. The van der Waals surface area contributed by atoms with E-state index >= 15 is 0 Å². The summed E-state index contributed by atoms with van der Waals surface area (Å²) in [6, 6.07) is 3.58. The van der Waals surface area contributed by atoms with Crippen LogP contribution in [0.2, 0.25) is 5.15 Å². The van der Waals surface area contributed by atoms with Crippen LogP contribution < -0.4 is 5.73 Å². The summed E-state index contributed by atoms with van der Waals surface area (Å²) in [5, 5.41) is 0.351. The molecule has 0 aromatic carbocycles. The van der Waals surface area contributed by atoms with E-state index in [-0.39, 0.29) is 5.95 Å². The fourth-order valence-corrected chi connectivity index (χ4v) is 1.33. The molecule has 0 bridgehead atoms. The lowest BCUT2D eigenvalue weighted by atomic mass is 10.2. The van der Waals surface area contributed by atoms with Crippen LogP contribution in [0.5, 0.6) is 0 Å². The first-order valence-corrected chi connectivity index (χ1v) is 4.40. The van der Waals surface area contributed by atoms with Crippen molar-refractivity contribution in [2.24, 2.45) is 0 Å². The van der Waals surface area contributed by atoms with Crippen molar-refractivity contribution in [2.75, 3.05) is 5.73 Å². The first kappa shape index (κ1) is 9.02. The Kier molecular flexibility index (Phi) is 2.13. The molecule has 0 saturated heterocycles. The Labute approximate surface area is 85.7 Å². The number of anilines is 1. The second-order valence-electron chi connectivity index (χ2n) is 2.82. The first-order chi connectivity index (χ1) is 6.68. The Bertz CT molecular complexity index is 453. The lowest BCUT2D eigenvalue weighted by Gasteiger charge is -2.03. The van der Waals surface area contributed by atoms with E-state index < -0.39 is 0 Å². The van der Waals surface area contributed by atoms with Crippen molar-refractivity contribution in [1.82, 2.24) is 9.97 Å². The van der Waals surface area contributed by atoms with Crippen molar-refractivity contribution in [3.63, 3.8) is 0 Å². The van der Waals surface area contributed by atoms with Gasteiger partial charge in [-0.3, -0.25) is 0 Å². The molecule has 0 amide bonds. The van der Waals surface area contributed by atoms with E-state index in [0.717, 1.165) is 5.56 Å². The van der Waals surface area contributed by atoms with Gasteiger partial charge in [-0.1, -0.05) is 11.6 Å². The molecule has 72 valence electrons. The monoisotopic (exact) mass is 209 g/mol. The maximum Gasteiger partial charge on any atom is 0.222 e. The van der Waals surface area contributed by atoms with Gasteiger partial charge in [-0.2, -0.15) is 0 Å². The van der Waals surface area contributed by atoms with E-state index in [1.807, 2.05) is 6.92 Å². The molecule has 0 aliphatic carbocycles. The molecule has 0 saturated carbocycles. The second kappa shape index (κ2) is 3.31. The summed E-state index contributed by atoms with van der Waals surface area (Å²) in [5.74, 6) is 0.783. The average molecular weight is 210 g/mol. The molecule has 0 aliphatic rings. The molecule has 0 fully saturated rings. The van der Waals surface area contributed by atoms with Gasteiger partial charge in [0.1, 0.15) is 10.8 Å². The van der Waals surface area contributed by atoms with Crippen LogP contribution in [-0.4, -0.2) is 9.97 Å². The van der Waals surface area contributed by atoms with Crippen LogP contribution in [-0.2, 0) is 0 Å². The average Bonchev–Trinajstić information content (AvgIpc) is 2.63. The van der Waals surface area contributed by atoms with Crippen molar-refractivity contribution in [2.45, 2.75) is 6.92 Å². The first-order valence-electron chi connectivity index (χ1n) is 4.02. The van der Waals surface area contributed by atoms with Gasteiger partial charge in [0.15, 0.2) is 5.76 Å². The van der Waals surface area contributed by atoms with Gasteiger partial charge < -0.3 is 10.2 Å². The minimum atomic E-state index is 0.145. The van der Waals surface area contributed by atoms with E-state index in [1.54, 1.807) is 18.4 Å². The van der Waals surface area contributed by atoms with Crippen LogP contribution in [0.4, 0.5) is 5.95 Å². The van der Waals surface area contributed by atoms with E-state index in [9.17, 15) is 0 Å². The van der Waals surface area contributed by atoms with Crippen molar-refractivity contribution >= 4 is 17.5 Å². The SMILES string of the molecule is Cc1c(Cl)nc(N)nc1-c1ccco1. The summed E-state index contributed by atoms with van der Waals surface area (Å²) < 4.78 is 5.21. The van der Waals surface area contributed by atoms with Gasteiger partial charge in [-0.05, 0) is 19.1 Å². The van der Waals surface area contributed by atoms with Gasteiger partial charge in [-0.15, -0.1) is 0 Å². The molecule has 0 aliphatic heterocycles. The molecule has 5 heteroatoms. The van der Waals surface area contributed by atoms with Gasteiger partial charge in [-0.25, -0.2) is 9.97 Å². The molecule has 2 heterocycles. The number of nitrogens with zero attached hydrogens (tertiary/aromatic N) is 2. The Morgan fingerprint density at radius 3 is 2.86 bits per heavy atom. The van der Waals surface area contributed by atoms with Gasteiger partial charge in [0, 0.05) is 5.56 Å².